The van der Waals surface area contributed by atoms with Crippen LogP contribution in [0.25, 0.3) is 5.69 Å². The summed E-state index contributed by atoms with van der Waals surface area (Å²) in [6, 6.07) is 16.5. The molecular weight excluding hydrogens is 536 g/mol. The Morgan fingerprint density at radius 1 is 0.947 bits per heavy atom. The zero-order valence-corrected chi connectivity index (χ0v) is 22.1. The van der Waals surface area contributed by atoms with E-state index in [2.05, 4.69) is 20.2 Å². The lowest BCUT2D eigenvalue weighted by atomic mass is 10.2. The number of rotatable bonds is 9. The Labute approximate surface area is 218 Å². The summed E-state index contributed by atoms with van der Waals surface area (Å²) in [5.74, 6) is 0.176. The zero-order valence-electron chi connectivity index (χ0n) is 20.4. The predicted molar refractivity (Wildman–Crippen MR) is 139 cm³/mol. The Kier molecular flexibility index (Phi) is 7.26. The van der Waals surface area contributed by atoms with Crippen molar-refractivity contribution in [1.82, 2.24) is 19.6 Å². The number of anilines is 2. The molecule has 13 nitrogen and oxygen atoms in total. The van der Waals surface area contributed by atoms with Gasteiger partial charge in [-0.15, -0.1) is 10.2 Å². The first-order valence-corrected chi connectivity index (χ1v) is 14.0. The molecule has 0 aliphatic rings. The summed E-state index contributed by atoms with van der Waals surface area (Å²) in [6.45, 7) is 1.55. The SMILES string of the molecule is COc1ccc(NS(=O)(=O)c2ccc(N[C@H](c3c(C)n(C)n(-c4ccccc4)c3=O)S(=O)(=O)O)cc2)nn1. The molecule has 4 rings (SSSR count). The van der Waals surface area contributed by atoms with Gasteiger partial charge in [-0.05, 0) is 49.4 Å². The number of hydrogen-bond donors (Lipinski definition) is 3. The van der Waals surface area contributed by atoms with Crippen LogP contribution in [0.15, 0.2) is 76.4 Å². The lowest BCUT2D eigenvalue weighted by Gasteiger charge is -2.17. The molecule has 0 aliphatic carbocycles. The molecule has 0 saturated carbocycles. The van der Waals surface area contributed by atoms with E-state index in [-0.39, 0.29) is 27.8 Å². The summed E-state index contributed by atoms with van der Waals surface area (Å²) in [5, 5.41) is 8.23. The summed E-state index contributed by atoms with van der Waals surface area (Å²) in [7, 11) is -5.89. The van der Waals surface area contributed by atoms with Crippen LogP contribution >= 0.6 is 0 Å². The number of nitrogens with zero attached hydrogens (tertiary/aromatic N) is 4. The molecule has 0 bridgehead atoms. The third kappa shape index (κ3) is 5.39. The topological polar surface area (TPSA) is 175 Å². The molecule has 200 valence electrons. The maximum absolute atomic E-state index is 13.3. The average molecular weight is 561 g/mol. The first-order chi connectivity index (χ1) is 17.9. The molecular formula is C23H24N6O7S2. The lowest BCUT2D eigenvalue weighted by molar-refractivity contribution is 0.392. The number of hydrogen-bond acceptors (Lipinski definition) is 9. The van der Waals surface area contributed by atoms with Gasteiger partial charge in [0.05, 0.1) is 23.3 Å². The van der Waals surface area contributed by atoms with Gasteiger partial charge < -0.3 is 10.1 Å². The normalized spacial score (nSPS) is 12.6. The van der Waals surface area contributed by atoms with Crippen LogP contribution in [0, 0.1) is 6.92 Å². The van der Waals surface area contributed by atoms with Gasteiger partial charge in [-0.3, -0.25) is 18.8 Å². The van der Waals surface area contributed by atoms with Crippen LogP contribution in [0.3, 0.4) is 0 Å². The highest BCUT2D eigenvalue weighted by Gasteiger charge is 2.33. The van der Waals surface area contributed by atoms with E-state index in [0.717, 1.165) is 0 Å². The van der Waals surface area contributed by atoms with Crippen molar-refractivity contribution in [2.75, 3.05) is 17.1 Å². The Morgan fingerprint density at radius 2 is 1.61 bits per heavy atom. The highest BCUT2D eigenvalue weighted by atomic mass is 32.2. The molecule has 38 heavy (non-hydrogen) atoms. The molecule has 0 radical (unpaired) electrons. The minimum atomic E-state index is -4.83. The quantitative estimate of drug-likeness (QED) is 0.257. The molecule has 2 aromatic carbocycles. The van der Waals surface area contributed by atoms with E-state index in [0.29, 0.717) is 11.4 Å². The van der Waals surface area contributed by atoms with Crippen LogP contribution in [0.1, 0.15) is 16.6 Å². The summed E-state index contributed by atoms with van der Waals surface area (Å²) in [4.78, 5) is 13.2. The minimum Gasteiger partial charge on any atom is -0.480 e. The van der Waals surface area contributed by atoms with Crippen LogP contribution < -0.4 is 20.3 Å². The van der Waals surface area contributed by atoms with Gasteiger partial charge in [0, 0.05) is 24.5 Å². The monoisotopic (exact) mass is 560 g/mol. The van der Waals surface area contributed by atoms with Crippen LogP contribution in [0.4, 0.5) is 11.5 Å². The van der Waals surface area contributed by atoms with Gasteiger partial charge in [-0.2, -0.15) is 8.42 Å². The number of sulfonamides is 1. The maximum Gasteiger partial charge on any atom is 0.290 e. The first kappa shape index (κ1) is 26.8. The second-order valence-electron chi connectivity index (χ2n) is 8.11. The van der Waals surface area contributed by atoms with Crippen molar-refractivity contribution < 1.29 is 26.1 Å². The fourth-order valence-corrected chi connectivity index (χ4v) is 5.60. The van der Waals surface area contributed by atoms with Gasteiger partial charge in [0.25, 0.3) is 25.7 Å². The second-order valence-corrected chi connectivity index (χ2v) is 11.3. The smallest absolute Gasteiger partial charge is 0.290 e. The van der Waals surface area contributed by atoms with Crippen LogP contribution in [-0.4, -0.2) is 48.1 Å². The summed E-state index contributed by atoms with van der Waals surface area (Å²) in [5.41, 5.74) is 0.125. The fourth-order valence-electron chi connectivity index (χ4n) is 3.75. The van der Waals surface area contributed by atoms with Gasteiger partial charge >= 0.3 is 0 Å². The molecule has 1 atom stereocenters. The third-order valence-corrected chi connectivity index (χ3v) is 8.03. The third-order valence-electron chi connectivity index (χ3n) is 5.71. The standard InChI is InChI=1S/C23H24N6O7S2/c1-15-21(23(30)29(28(15)2)17-7-5-4-6-8-17)22(38(33,34)35)24-16-9-11-18(12-10-16)37(31,32)27-19-13-14-20(36-3)26-25-19/h4-14,22,24H,1-3H3,(H,25,27)(H,33,34,35)/t22-/m0/s1. The van der Waals surface area contributed by atoms with E-state index in [1.165, 1.54) is 52.9 Å². The van der Waals surface area contributed by atoms with Gasteiger partial charge in [-0.1, -0.05) is 18.2 Å². The summed E-state index contributed by atoms with van der Waals surface area (Å²) in [6.07, 6.45) is 0. The van der Waals surface area contributed by atoms with E-state index in [1.54, 1.807) is 44.3 Å². The van der Waals surface area contributed by atoms with Gasteiger partial charge in [-0.25, -0.2) is 13.1 Å². The fraction of sp³-hybridized carbons (Fsp3) is 0.174. The van der Waals surface area contributed by atoms with Gasteiger partial charge in [0.15, 0.2) is 11.2 Å². The molecule has 0 fully saturated rings. The molecule has 2 aromatic heterocycles. The highest BCUT2D eigenvalue weighted by molar-refractivity contribution is 7.92. The van der Waals surface area contributed by atoms with Crippen LogP contribution in [0.2, 0.25) is 0 Å². The van der Waals surface area contributed by atoms with Gasteiger partial charge in [0.2, 0.25) is 5.88 Å². The maximum atomic E-state index is 13.3. The van der Waals surface area contributed by atoms with Crippen molar-refractivity contribution in [3.8, 4) is 11.6 Å². The Hall–Kier alpha value is -4.21. The zero-order chi connectivity index (χ0) is 27.7. The molecule has 0 aliphatic heterocycles. The van der Waals surface area contributed by atoms with Crippen LogP contribution in [-0.2, 0) is 27.2 Å². The van der Waals surface area contributed by atoms with E-state index in [1.807, 2.05) is 0 Å². The Morgan fingerprint density at radius 3 is 2.16 bits per heavy atom. The van der Waals surface area contributed by atoms with E-state index in [9.17, 15) is 26.2 Å². The number of methoxy groups -OCH3 is 1. The summed E-state index contributed by atoms with van der Waals surface area (Å²) >= 11 is 0. The molecule has 0 saturated heterocycles. The van der Waals surface area contributed by atoms with E-state index in [4.69, 9.17) is 4.74 Å². The molecule has 15 heteroatoms. The lowest BCUT2D eigenvalue weighted by Crippen LogP contribution is -2.28. The number of benzene rings is 2. The van der Waals surface area contributed by atoms with E-state index < -0.39 is 31.1 Å². The Bertz CT molecular complexity index is 1720. The van der Waals surface area contributed by atoms with Crippen molar-refractivity contribution in [3.05, 3.63) is 88.3 Å². The highest BCUT2D eigenvalue weighted by Crippen LogP contribution is 2.27. The summed E-state index contributed by atoms with van der Waals surface area (Å²) < 4.78 is 70.2. The molecule has 0 amide bonds. The average Bonchev–Trinajstić information content (AvgIpc) is 3.10. The van der Waals surface area contributed by atoms with Crippen LogP contribution in [0.5, 0.6) is 5.88 Å². The number of ether oxygens (including phenoxy) is 1. The molecule has 3 N–H and O–H groups in total. The molecule has 0 spiro atoms. The largest absolute Gasteiger partial charge is 0.480 e. The van der Waals surface area contributed by atoms with Crippen molar-refractivity contribution in [2.24, 2.45) is 7.05 Å². The molecule has 0 unspecified atom stereocenters. The van der Waals surface area contributed by atoms with Crippen molar-refractivity contribution in [2.45, 2.75) is 17.2 Å². The number of aromatic nitrogens is 4. The van der Waals surface area contributed by atoms with E-state index >= 15 is 0 Å². The number of para-hydroxylation sites is 1. The number of nitrogens with one attached hydrogen (secondary N) is 2. The Balaban J connectivity index is 1.64. The second kappa shape index (κ2) is 10.3. The predicted octanol–water partition coefficient (Wildman–Crippen LogP) is 2.08. The molecule has 4 aromatic rings. The molecule has 2 heterocycles. The first-order valence-electron chi connectivity index (χ1n) is 11.0. The van der Waals surface area contributed by atoms with Gasteiger partial charge in [0.1, 0.15) is 0 Å². The van der Waals surface area contributed by atoms with Crippen molar-refractivity contribution >= 4 is 31.6 Å². The van der Waals surface area contributed by atoms with Crippen molar-refractivity contribution in [3.63, 3.8) is 0 Å². The van der Waals surface area contributed by atoms with Crippen molar-refractivity contribution in [1.29, 1.82) is 0 Å². The minimum absolute atomic E-state index is 0.0336.